The quantitative estimate of drug-likeness (QED) is 0.273. The van der Waals surface area contributed by atoms with Crippen LogP contribution in [-0.4, -0.2) is 14.4 Å². The molecule has 8 atom stereocenters. The molecule has 0 amide bonds. The lowest BCUT2D eigenvalue weighted by Gasteiger charge is -2.58. The highest BCUT2D eigenvalue weighted by molar-refractivity contribution is 6.69. The van der Waals surface area contributed by atoms with E-state index in [9.17, 15) is 0 Å². The zero-order valence-electron chi connectivity index (χ0n) is 22.8. The summed E-state index contributed by atoms with van der Waals surface area (Å²) in [4.78, 5) is 0. The first-order valence-corrected chi connectivity index (χ1v) is 17.7. The third-order valence-electron chi connectivity index (χ3n) is 10.8. The van der Waals surface area contributed by atoms with Crippen LogP contribution in [0.4, 0.5) is 0 Å². The number of hydrogen-bond donors (Lipinski definition) is 0. The lowest BCUT2D eigenvalue weighted by atomic mass is 9.47. The highest BCUT2D eigenvalue weighted by atomic mass is 28.4. The van der Waals surface area contributed by atoms with Gasteiger partial charge < -0.3 is 4.43 Å². The lowest BCUT2D eigenvalue weighted by molar-refractivity contribution is -0.0563. The van der Waals surface area contributed by atoms with Crippen molar-refractivity contribution in [3.63, 3.8) is 0 Å². The highest BCUT2D eigenvalue weighted by Gasteiger charge is 2.59. The first-order chi connectivity index (χ1) is 14.9. The number of allylic oxidation sites excluding steroid dienone is 1. The van der Waals surface area contributed by atoms with Crippen molar-refractivity contribution in [1.82, 2.24) is 0 Å². The predicted octanol–water partition coefficient (Wildman–Crippen LogP) is 9.25. The van der Waals surface area contributed by atoms with Crippen LogP contribution in [0.25, 0.3) is 0 Å². The molecule has 0 spiro atoms. The van der Waals surface area contributed by atoms with Crippen molar-refractivity contribution in [1.29, 1.82) is 0 Å². The van der Waals surface area contributed by atoms with E-state index in [1.807, 2.05) is 0 Å². The van der Waals surface area contributed by atoms with Gasteiger partial charge in [0.25, 0.3) is 0 Å². The SMILES string of the molecule is CC(C)CCC[C@H](C)[C@H]1CC[C@H]2[C@@H]3CC=C4C[C@@H](O[Si](C)(C)C)CC[C@]4(C)[C@H]3CC[C@]12C. The van der Waals surface area contributed by atoms with E-state index in [0.29, 0.717) is 16.9 Å². The average Bonchev–Trinajstić information content (AvgIpc) is 3.04. The average molecular weight is 459 g/mol. The molecule has 4 aliphatic rings. The molecule has 3 saturated carbocycles. The largest absolute Gasteiger partial charge is 0.414 e. The molecule has 4 aliphatic carbocycles. The number of fused-ring (bicyclic) bond motifs is 5. The summed E-state index contributed by atoms with van der Waals surface area (Å²) in [5, 5.41) is 0. The number of rotatable bonds is 7. The van der Waals surface area contributed by atoms with Gasteiger partial charge in [0.2, 0.25) is 0 Å². The molecule has 0 unspecified atom stereocenters. The summed E-state index contributed by atoms with van der Waals surface area (Å²) in [5.74, 6) is 5.61. The van der Waals surface area contributed by atoms with Crippen molar-refractivity contribution >= 4 is 8.32 Å². The molecule has 0 saturated heterocycles. The van der Waals surface area contributed by atoms with E-state index in [-0.39, 0.29) is 0 Å². The molecule has 0 N–H and O–H groups in total. The lowest BCUT2D eigenvalue weighted by Crippen LogP contribution is -2.51. The Morgan fingerprint density at radius 2 is 1.72 bits per heavy atom. The first kappa shape index (κ1) is 25.0. The maximum absolute atomic E-state index is 6.58. The van der Waals surface area contributed by atoms with Gasteiger partial charge in [-0.1, -0.05) is 65.5 Å². The van der Waals surface area contributed by atoms with Crippen LogP contribution in [0.3, 0.4) is 0 Å². The maximum Gasteiger partial charge on any atom is 0.184 e. The molecule has 32 heavy (non-hydrogen) atoms. The van der Waals surface area contributed by atoms with Gasteiger partial charge in [0.05, 0.1) is 0 Å². The van der Waals surface area contributed by atoms with Gasteiger partial charge in [0.15, 0.2) is 8.32 Å². The molecule has 1 nitrogen and oxygen atoms in total. The Morgan fingerprint density at radius 3 is 2.41 bits per heavy atom. The molecule has 0 radical (unpaired) electrons. The van der Waals surface area contributed by atoms with E-state index in [0.717, 1.165) is 35.5 Å². The highest BCUT2D eigenvalue weighted by Crippen LogP contribution is 2.67. The van der Waals surface area contributed by atoms with Crippen LogP contribution < -0.4 is 0 Å². The summed E-state index contributed by atoms with van der Waals surface area (Å²) < 4.78 is 6.58. The zero-order chi connectivity index (χ0) is 23.3. The van der Waals surface area contributed by atoms with E-state index >= 15 is 0 Å². The van der Waals surface area contributed by atoms with Gasteiger partial charge in [-0.2, -0.15) is 0 Å². The Morgan fingerprint density at radius 1 is 0.969 bits per heavy atom. The second-order valence-corrected chi connectivity index (χ2v) is 18.8. The summed E-state index contributed by atoms with van der Waals surface area (Å²) in [7, 11) is -1.45. The van der Waals surface area contributed by atoms with Crippen LogP contribution in [-0.2, 0) is 4.43 Å². The molecule has 0 aromatic heterocycles. The van der Waals surface area contributed by atoms with Gasteiger partial charge in [-0.15, -0.1) is 0 Å². The fraction of sp³-hybridized carbons (Fsp3) is 0.933. The molecule has 0 heterocycles. The van der Waals surface area contributed by atoms with Crippen molar-refractivity contribution in [3.8, 4) is 0 Å². The van der Waals surface area contributed by atoms with Crippen LogP contribution >= 0.6 is 0 Å². The molecule has 2 heteroatoms. The monoisotopic (exact) mass is 458 g/mol. The van der Waals surface area contributed by atoms with E-state index in [4.69, 9.17) is 4.43 Å². The smallest absolute Gasteiger partial charge is 0.184 e. The van der Waals surface area contributed by atoms with Crippen molar-refractivity contribution in [2.75, 3.05) is 0 Å². The summed E-state index contributed by atoms with van der Waals surface area (Å²) in [6.07, 6.45) is 18.8. The normalized spacial score (nSPS) is 42.8. The predicted molar refractivity (Wildman–Crippen MR) is 141 cm³/mol. The second kappa shape index (κ2) is 9.18. The van der Waals surface area contributed by atoms with Crippen LogP contribution in [0.1, 0.15) is 105 Å². The van der Waals surface area contributed by atoms with Crippen molar-refractivity contribution in [2.45, 2.75) is 131 Å². The second-order valence-electron chi connectivity index (χ2n) is 14.4. The number of hydrogen-bond acceptors (Lipinski definition) is 1. The Hall–Kier alpha value is -0.0831. The fourth-order valence-corrected chi connectivity index (χ4v) is 10.5. The molecule has 0 bridgehead atoms. The van der Waals surface area contributed by atoms with E-state index < -0.39 is 8.32 Å². The minimum absolute atomic E-state index is 0.463. The van der Waals surface area contributed by atoms with Crippen molar-refractivity contribution in [2.24, 2.45) is 46.3 Å². The van der Waals surface area contributed by atoms with Gasteiger partial charge in [0.1, 0.15) is 0 Å². The molecular formula is C30H54OSi. The van der Waals surface area contributed by atoms with E-state index in [1.54, 1.807) is 5.57 Å². The third kappa shape index (κ3) is 4.71. The van der Waals surface area contributed by atoms with Gasteiger partial charge in [-0.05, 0) is 117 Å². The summed E-state index contributed by atoms with van der Waals surface area (Å²) in [6, 6.07) is 0. The fourth-order valence-electron chi connectivity index (χ4n) is 9.25. The van der Waals surface area contributed by atoms with Gasteiger partial charge in [-0.3, -0.25) is 0 Å². The first-order valence-electron chi connectivity index (χ1n) is 14.3. The molecule has 0 aliphatic heterocycles. The minimum atomic E-state index is -1.45. The Balaban J connectivity index is 1.46. The molecule has 184 valence electrons. The van der Waals surface area contributed by atoms with Crippen LogP contribution in [0.15, 0.2) is 11.6 Å². The van der Waals surface area contributed by atoms with E-state index in [2.05, 4.69) is 60.3 Å². The van der Waals surface area contributed by atoms with Gasteiger partial charge in [0, 0.05) is 6.10 Å². The molecule has 4 rings (SSSR count). The molecule has 0 aromatic carbocycles. The molecule has 3 fully saturated rings. The van der Waals surface area contributed by atoms with Gasteiger partial charge >= 0.3 is 0 Å². The summed E-state index contributed by atoms with van der Waals surface area (Å²) in [6.45, 7) is 19.8. The van der Waals surface area contributed by atoms with Crippen LogP contribution in [0, 0.1) is 46.3 Å². The zero-order valence-corrected chi connectivity index (χ0v) is 23.8. The van der Waals surface area contributed by atoms with E-state index in [1.165, 1.54) is 70.6 Å². The third-order valence-corrected chi connectivity index (χ3v) is 11.8. The topological polar surface area (TPSA) is 9.23 Å². The van der Waals surface area contributed by atoms with Crippen LogP contribution in [0.2, 0.25) is 19.6 Å². The maximum atomic E-state index is 6.58. The Kier molecular flexibility index (Phi) is 7.17. The standard InChI is InChI=1S/C30H54OSi/c1-21(2)10-9-11-22(3)26-14-15-27-25-13-12-23-20-24(31-32(6,7)8)16-18-29(23,4)28(25)17-19-30(26,27)5/h12,21-22,24-28H,9-11,13-20H2,1-8H3/t22-,24-,25-,26+,27-,28-,29-,30+/m0/s1. The minimum Gasteiger partial charge on any atom is -0.414 e. The Bertz CT molecular complexity index is 689. The van der Waals surface area contributed by atoms with Crippen molar-refractivity contribution in [3.05, 3.63) is 11.6 Å². The molecule has 0 aromatic rings. The van der Waals surface area contributed by atoms with Gasteiger partial charge in [-0.25, -0.2) is 0 Å². The van der Waals surface area contributed by atoms with Crippen LogP contribution in [0.5, 0.6) is 0 Å². The molecular weight excluding hydrogens is 404 g/mol. The van der Waals surface area contributed by atoms with Crippen molar-refractivity contribution < 1.29 is 4.43 Å². The Labute approximate surface area is 201 Å². The summed E-state index contributed by atoms with van der Waals surface area (Å²) >= 11 is 0. The summed E-state index contributed by atoms with van der Waals surface area (Å²) in [5.41, 5.74) is 2.86.